The van der Waals surface area contributed by atoms with Crippen molar-refractivity contribution >= 4 is 0 Å². The quantitative estimate of drug-likeness (QED) is 0.649. The number of hydrogen-bond acceptors (Lipinski definition) is 1. The zero-order valence-corrected chi connectivity index (χ0v) is 14.4. The molecule has 0 atom stereocenters. The molecule has 0 aliphatic carbocycles. The smallest absolute Gasteiger partial charge is 0.0217 e. The zero-order chi connectivity index (χ0) is 16.4. The molecule has 1 heteroatoms. The first kappa shape index (κ1) is 18.2. The first-order valence-electron chi connectivity index (χ1n) is 8.09. The predicted molar refractivity (Wildman–Crippen MR) is 98.4 cm³/mol. The Morgan fingerprint density at radius 3 is 1.68 bits per heavy atom. The first-order chi connectivity index (χ1) is 10.7. The van der Waals surface area contributed by atoms with Crippen LogP contribution in [0.3, 0.4) is 0 Å². The van der Waals surface area contributed by atoms with E-state index in [9.17, 15) is 0 Å². The van der Waals surface area contributed by atoms with Gasteiger partial charge in [0.1, 0.15) is 0 Å². The van der Waals surface area contributed by atoms with Crippen LogP contribution in [0.1, 0.15) is 37.8 Å². The number of nitrogens with zero attached hydrogens (tertiary/aromatic N) is 1. The number of hydrogen-bond donors (Lipinski definition) is 0. The lowest BCUT2D eigenvalue weighted by atomic mass is 9.91. The van der Waals surface area contributed by atoms with Crippen LogP contribution in [-0.2, 0) is 0 Å². The summed E-state index contributed by atoms with van der Waals surface area (Å²) in [4.78, 5) is 2.34. The molecule has 0 spiro atoms. The highest BCUT2D eigenvalue weighted by Gasteiger charge is 2.15. The fraction of sp³-hybridized carbons (Fsp3) is 0.333. The van der Waals surface area contributed by atoms with Gasteiger partial charge in [0.2, 0.25) is 0 Å². The fourth-order valence-corrected chi connectivity index (χ4v) is 2.61. The van der Waals surface area contributed by atoms with Crippen molar-refractivity contribution in [3.8, 4) is 0 Å². The molecule has 0 bridgehead atoms. The van der Waals surface area contributed by atoms with Crippen LogP contribution in [0.2, 0.25) is 0 Å². The highest BCUT2D eigenvalue weighted by molar-refractivity contribution is 5.32. The van der Waals surface area contributed by atoms with Crippen LogP contribution in [0.4, 0.5) is 0 Å². The van der Waals surface area contributed by atoms with Crippen LogP contribution in [0, 0.1) is 0 Å². The second-order valence-corrected chi connectivity index (χ2v) is 5.53. The molecular weight excluding hydrogens is 266 g/mol. The standard InChI is InChI=1S/C19H23N.C2H6/c1-16(2)14-20(3)15-19(17-10-6-4-7-11-17)18-12-8-5-9-13-18;1-2/h4-13,19H,1,14-15H2,2-3H3;1-2H3. The van der Waals surface area contributed by atoms with Crippen LogP contribution < -0.4 is 0 Å². The summed E-state index contributed by atoms with van der Waals surface area (Å²) in [6, 6.07) is 21.5. The van der Waals surface area contributed by atoms with E-state index < -0.39 is 0 Å². The van der Waals surface area contributed by atoms with Gasteiger partial charge >= 0.3 is 0 Å². The van der Waals surface area contributed by atoms with Crippen molar-refractivity contribution in [3.63, 3.8) is 0 Å². The Kier molecular flexibility index (Phi) is 8.24. The van der Waals surface area contributed by atoms with Gasteiger partial charge in [0, 0.05) is 19.0 Å². The topological polar surface area (TPSA) is 3.24 Å². The van der Waals surface area contributed by atoms with Crippen LogP contribution in [-0.4, -0.2) is 25.0 Å². The maximum Gasteiger partial charge on any atom is 0.0217 e. The van der Waals surface area contributed by atoms with E-state index in [1.165, 1.54) is 16.7 Å². The van der Waals surface area contributed by atoms with E-state index >= 15 is 0 Å². The molecule has 0 aliphatic rings. The molecule has 0 amide bonds. The Morgan fingerprint density at radius 2 is 1.32 bits per heavy atom. The van der Waals surface area contributed by atoms with Crippen molar-refractivity contribution in [2.75, 3.05) is 20.1 Å². The average molecular weight is 295 g/mol. The van der Waals surface area contributed by atoms with Crippen LogP contribution in [0.25, 0.3) is 0 Å². The normalized spacial score (nSPS) is 10.3. The van der Waals surface area contributed by atoms with Crippen molar-refractivity contribution in [1.29, 1.82) is 0 Å². The molecule has 0 fully saturated rings. The highest BCUT2D eigenvalue weighted by Crippen LogP contribution is 2.25. The fourth-order valence-electron chi connectivity index (χ4n) is 2.61. The lowest BCUT2D eigenvalue weighted by molar-refractivity contribution is 0.349. The molecule has 22 heavy (non-hydrogen) atoms. The van der Waals surface area contributed by atoms with Crippen molar-refractivity contribution in [3.05, 3.63) is 83.9 Å². The van der Waals surface area contributed by atoms with E-state index in [0.29, 0.717) is 5.92 Å². The van der Waals surface area contributed by atoms with Crippen LogP contribution >= 0.6 is 0 Å². The Hall–Kier alpha value is -1.86. The van der Waals surface area contributed by atoms with E-state index in [0.717, 1.165) is 13.1 Å². The molecule has 2 aromatic rings. The molecule has 0 saturated heterocycles. The molecule has 0 aromatic heterocycles. The van der Waals surface area contributed by atoms with Gasteiger partial charge in [-0.2, -0.15) is 0 Å². The van der Waals surface area contributed by atoms with Gasteiger partial charge in [0.05, 0.1) is 0 Å². The minimum atomic E-state index is 0.404. The summed E-state index contributed by atoms with van der Waals surface area (Å²) in [6.07, 6.45) is 0. The Morgan fingerprint density at radius 1 is 0.909 bits per heavy atom. The summed E-state index contributed by atoms with van der Waals surface area (Å²) >= 11 is 0. The minimum absolute atomic E-state index is 0.404. The van der Waals surface area contributed by atoms with Crippen LogP contribution in [0.5, 0.6) is 0 Å². The van der Waals surface area contributed by atoms with Crippen molar-refractivity contribution < 1.29 is 0 Å². The lowest BCUT2D eigenvalue weighted by Gasteiger charge is -2.25. The molecule has 2 aromatic carbocycles. The molecule has 0 unspecified atom stereocenters. The third-order valence-corrected chi connectivity index (χ3v) is 3.44. The molecule has 0 radical (unpaired) electrons. The number of benzene rings is 2. The lowest BCUT2D eigenvalue weighted by Crippen LogP contribution is -2.26. The maximum atomic E-state index is 4.01. The third-order valence-electron chi connectivity index (χ3n) is 3.44. The summed E-state index contributed by atoms with van der Waals surface area (Å²) in [7, 11) is 2.16. The average Bonchev–Trinajstić information content (AvgIpc) is 2.55. The van der Waals surface area contributed by atoms with E-state index in [1.807, 2.05) is 13.8 Å². The van der Waals surface area contributed by atoms with Gasteiger partial charge in [0.15, 0.2) is 0 Å². The van der Waals surface area contributed by atoms with Crippen molar-refractivity contribution in [2.24, 2.45) is 0 Å². The van der Waals surface area contributed by atoms with Gasteiger partial charge in [-0.25, -0.2) is 0 Å². The van der Waals surface area contributed by atoms with Gasteiger partial charge in [-0.15, -0.1) is 0 Å². The molecule has 0 saturated carbocycles. The van der Waals surface area contributed by atoms with Crippen molar-refractivity contribution in [1.82, 2.24) is 4.90 Å². The highest BCUT2D eigenvalue weighted by atomic mass is 15.1. The summed E-state index contributed by atoms with van der Waals surface area (Å²) in [6.45, 7) is 12.0. The van der Waals surface area contributed by atoms with E-state index in [-0.39, 0.29) is 0 Å². The van der Waals surface area contributed by atoms with Crippen LogP contribution in [0.15, 0.2) is 72.8 Å². The second kappa shape index (κ2) is 9.97. The van der Waals surface area contributed by atoms with E-state index in [1.54, 1.807) is 0 Å². The number of likely N-dealkylation sites (N-methyl/N-ethyl adjacent to an activating group) is 1. The molecule has 118 valence electrons. The second-order valence-electron chi connectivity index (χ2n) is 5.53. The Labute approximate surface area is 136 Å². The van der Waals surface area contributed by atoms with E-state index in [4.69, 9.17) is 0 Å². The third kappa shape index (κ3) is 5.87. The van der Waals surface area contributed by atoms with E-state index in [2.05, 4.69) is 86.1 Å². The Balaban J connectivity index is 0.00000116. The monoisotopic (exact) mass is 295 g/mol. The molecule has 1 nitrogen and oxygen atoms in total. The summed E-state index contributed by atoms with van der Waals surface area (Å²) in [5.74, 6) is 0.404. The largest absolute Gasteiger partial charge is 0.302 e. The molecule has 2 rings (SSSR count). The molecule has 0 N–H and O–H groups in total. The SMILES string of the molecule is C=C(C)CN(C)CC(c1ccccc1)c1ccccc1.CC. The van der Waals surface area contributed by atoms with Crippen molar-refractivity contribution in [2.45, 2.75) is 26.7 Å². The molecule has 0 aliphatic heterocycles. The van der Waals surface area contributed by atoms with Gasteiger partial charge in [-0.1, -0.05) is 86.7 Å². The van der Waals surface area contributed by atoms with Gasteiger partial charge in [0.25, 0.3) is 0 Å². The predicted octanol–water partition coefficient (Wildman–Crippen LogP) is 5.35. The molecule has 0 heterocycles. The molecular formula is C21H29N. The zero-order valence-electron chi connectivity index (χ0n) is 14.4. The summed E-state index contributed by atoms with van der Waals surface area (Å²) < 4.78 is 0. The van der Waals surface area contributed by atoms with Gasteiger partial charge in [-0.05, 0) is 25.1 Å². The Bertz CT molecular complexity index is 491. The first-order valence-corrected chi connectivity index (χ1v) is 8.09. The maximum absolute atomic E-state index is 4.01. The van der Waals surface area contributed by atoms with Gasteiger partial charge in [-0.3, -0.25) is 0 Å². The summed E-state index contributed by atoms with van der Waals surface area (Å²) in [5, 5.41) is 0. The summed E-state index contributed by atoms with van der Waals surface area (Å²) in [5.41, 5.74) is 3.94. The van der Waals surface area contributed by atoms with Gasteiger partial charge < -0.3 is 4.90 Å². The number of rotatable bonds is 6. The minimum Gasteiger partial charge on any atom is -0.302 e.